The molecule has 0 saturated heterocycles. The summed E-state index contributed by atoms with van der Waals surface area (Å²) in [6, 6.07) is 5.28. The Hall–Kier alpha value is -3.36. The predicted octanol–water partition coefficient (Wildman–Crippen LogP) is 2.86. The van der Waals surface area contributed by atoms with Crippen LogP contribution >= 0.6 is 0 Å². The van der Waals surface area contributed by atoms with Crippen LogP contribution in [-0.2, 0) is 4.74 Å². The van der Waals surface area contributed by atoms with E-state index in [1.54, 1.807) is 46.3 Å². The van der Waals surface area contributed by atoms with Crippen LogP contribution in [0.2, 0.25) is 0 Å². The molecule has 9 nitrogen and oxygen atoms in total. The number of anilines is 2. The van der Waals surface area contributed by atoms with Crippen LogP contribution in [0, 0.1) is 6.92 Å². The largest absolute Gasteiger partial charge is 0.497 e. The highest BCUT2D eigenvalue weighted by atomic mass is 16.5. The summed E-state index contributed by atoms with van der Waals surface area (Å²) in [4.78, 5) is 20.4. The van der Waals surface area contributed by atoms with Gasteiger partial charge >= 0.3 is 5.97 Å². The second-order valence-corrected chi connectivity index (χ2v) is 5.26. The maximum Gasteiger partial charge on any atom is 0.376 e. The van der Waals surface area contributed by atoms with Crippen LogP contribution in [0.15, 0.2) is 22.7 Å². The summed E-state index contributed by atoms with van der Waals surface area (Å²) in [6.45, 7) is 3.67. The number of hydrogen-bond acceptors (Lipinski definition) is 9. The Balaban J connectivity index is 2.12. The molecule has 3 rings (SSSR count). The molecule has 1 N–H and O–H groups in total. The van der Waals surface area contributed by atoms with Crippen LogP contribution in [0.25, 0.3) is 11.1 Å². The van der Waals surface area contributed by atoms with Gasteiger partial charge in [-0.15, -0.1) is 0 Å². The Morgan fingerprint density at radius 1 is 1.23 bits per heavy atom. The summed E-state index contributed by atoms with van der Waals surface area (Å²) in [7, 11) is 3.12. The average molecular weight is 358 g/mol. The first-order valence-corrected chi connectivity index (χ1v) is 7.87. The van der Waals surface area contributed by atoms with E-state index in [1.807, 2.05) is 0 Å². The van der Waals surface area contributed by atoms with Crippen LogP contribution in [0.5, 0.6) is 11.5 Å². The third kappa shape index (κ3) is 3.23. The van der Waals surface area contributed by atoms with E-state index in [-0.39, 0.29) is 18.1 Å². The van der Waals surface area contributed by atoms with Crippen molar-refractivity contribution >= 4 is 28.6 Å². The maximum absolute atomic E-state index is 12.0. The lowest BCUT2D eigenvalue weighted by molar-refractivity contribution is 0.0512. The summed E-state index contributed by atoms with van der Waals surface area (Å²) in [6.07, 6.45) is 0. The number of nitrogens with one attached hydrogen (secondary N) is 1. The number of benzene rings is 1. The van der Waals surface area contributed by atoms with Gasteiger partial charge in [0.05, 0.1) is 32.2 Å². The molecule has 2 heterocycles. The zero-order valence-corrected chi connectivity index (χ0v) is 14.8. The van der Waals surface area contributed by atoms with Gasteiger partial charge < -0.3 is 24.1 Å². The second kappa shape index (κ2) is 7.26. The Morgan fingerprint density at radius 3 is 2.73 bits per heavy atom. The predicted molar refractivity (Wildman–Crippen MR) is 93.1 cm³/mol. The fourth-order valence-corrected chi connectivity index (χ4v) is 2.41. The zero-order valence-electron chi connectivity index (χ0n) is 14.8. The van der Waals surface area contributed by atoms with E-state index in [2.05, 4.69) is 20.4 Å². The van der Waals surface area contributed by atoms with Crippen molar-refractivity contribution in [3.63, 3.8) is 0 Å². The number of carbonyl (C=O) groups excluding carboxylic acids is 1. The average Bonchev–Trinajstić information content (AvgIpc) is 3.03. The lowest BCUT2D eigenvalue weighted by Crippen LogP contribution is -2.11. The lowest BCUT2D eigenvalue weighted by Gasteiger charge is -2.13. The molecule has 0 radical (unpaired) electrons. The third-order valence-electron chi connectivity index (χ3n) is 3.62. The van der Waals surface area contributed by atoms with E-state index in [9.17, 15) is 4.79 Å². The van der Waals surface area contributed by atoms with Crippen LogP contribution in [0.1, 0.15) is 23.2 Å². The number of fused-ring (bicyclic) bond motifs is 1. The molecule has 0 bridgehead atoms. The van der Waals surface area contributed by atoms with Crippen molar-refractivity contribution in [2.75, 3.05) is 26.1 Å². The minimum absolute atomic E-state index is 0.125. The normalized spacial score (nSPS) is 10.6. The van der Waals surface area contributed by atoms with E-state index in [1.165, 1.54) is 0 Å². The highest BCUT2D eigenvalue weighted by molar-refractivity contribution is 5.94. The number of aromatic nitrogens is 3. The van der Waals surface area contributed by atoms with Gasteiger partial charge in [0.15, 0.2) is 0 Å². The van der Waals surface area contributed by atoms with E-state index in [0.717, 1.165) is 0 Å². The summed E-state index contributed by atoms with van der Waals surface area (Å²) in [5.41, 5.74) is 1.37. The highest BCUT2D eigenvalue weighted by Gasteiger charge is 2.20. The molecule has 2 aromatic heterocycles. The van der Waals surface area contributed by atoms with Gasteiger partial charge in [-0.3, -0.25) is 0 Å². The molecule has 1 aromatic carbocycles. The smallest absolute Gasteiger partial charge is 0.376 e. The highest BCUT2D eigenvalue weighted by Crippen LogP contribution is 2.34. The van der Waals surface area contributed by atoms with Crippen molar-refractivity contribution in [1.29, 1.82) is 0 Å². The van der Waals surface area contributed by atoms with Gasteiger partial charge in [0.2, 0.25) is 5.82 Å². The number of rotatable bonds is 6. The Labute approximate surface area is 149 Å². The molecule has 0 unspecified atom stereocenters. The molecule has 3 aromatic rings. The zero-order chi connectivity index (χ0) is 18.7. The second-order valence-electron chi connectivity index (χ2n) is 5.26. The minimum atomic E-state index is -0.649. The number of aryl methyl sites for hydroxylation is 1. The third-order valence-corrected chi connectivity index (χ3v) is 3.62. The van der Waals surface area contributed by atoms with Crippen LogP contribution in [0.4, 0.5) is 11.5 Å². The number of ether oxygens (including phenoxy) is 3. The summed E-state index contributed by atoms with van der Waals surface area (Å²) < 4.78 is 20.8. The molecule has 9 heteroatoms. The number of esters is 1. The fourth-order valence-electron chi connectivity index (χ4n) is 2.41. The van der Waals surface area contributed by atoms with Gasteiger partial charge in [-0.2, -0.15) is 4.98 Å². The molecule has 136 valence electrons. The summed E-state index contributed by atoms with van der Waals surface area (Å²) >= 11 is 0. The number of methoxy groups -OCH3 is 2. The fraction of sp³-hybridized carbons (Fsp3) is 0.294. The van der Waals surface area contributed by atoms with Crippen molar-refractivity contribution in [3.8, 4) is 11.5 Å². The molecule has 0 fully saturated rings. The summed E-state index contributed by atoms with van der Waals surface area (Å²) in [5.74, 6) is 0.781. The molecule has 0 saturated carbocycles. The van der Waals surface area contributed by atoms with E-state index < -0.39 is 5.97 Å². The molecule has 0 aliphatic heterocycles. The molecule has 26 heavy (non-hydrogen) atoms. The monoisotopic (exact) mass is 358 g/mol. The van der Waals surface area contributed by atoms with Gasteiger partial charge in [0, 0.05) is 6.07 Å². The van der Waals surface area contributed by atoms with Crippen molar-refractivity contribution in [2.45, 2.75) is 13.8 Å². The standard InChI is InChI=1S/C17H18N4O5/c1-5-25-17(22)15-19-14(13-9(2)21-26-16(13)20-15)18-11-8-10(23-3)6-7-12(11)24-4/h6-8H,5H2,1-4H3,(H,18,19,20). The Kier molecular flexibility index (Phi) is 4.87. The topological polar surface area (TPSA) is 109 Å². The Morgan fingerprint density at radius 2 is 2.04 bits per heavy atom. The van der Waals surface area contributed by atoms with Crippen LogP contribution in [0.3, 0.4) is 0 Å². The van der Waals surface area contributed by atoms with Crippen molar-refractivity contribution in [3.05, 3.63) is 29.7 Å². The first kappa shape index (κ1) is 17.5. The first-order valence-electron chi connectivity index (χ1n) is 7.87. The molecule has 0 amide bonds. The minimum Gasteiger partial charge on any atom is -0.497 e. The van der Waals surface area contributed by atoms with Crippen molar-refractivity contribution in [1.82, 2.24) is 15.1 Å². The number of nitrogens with zero attached hydrogens (tertiary/aromatic N) is 3. The quantitative estimate of drug-likeness (QED) is 0.665. The van der Waals surface area contributed by atoms with Gasteiger partial charge in [-0.05, 0) is 26.0 Å². The molecule has 0 aliphatic carbocycles. The molecule has 0 spiro atoms. The van der Waals surface area contributed by atoms with E-state index >= 15 is 0 Å². The van der Waals surface area contributed by atoms with E-state index in [0.29, 0.717) is 34.1 Å². The van der Waals surface area contributed by atoms with Gasteiger partial charge in [0.25, 0.3) is 5.71 Å². The van der Waals surface area contributed by atoms with Crippen LogP contribution in [-0.4, -0.2) is 41.9 Å². The van der Waals surface area contributed by atoms with Gasteiger partial charge in [-0.25, -0.2) is 9.78 Å². The number of hydrogen-bond donors (Lipinski definition) is 1. The lowest BCUT2D eigenvalue weighted by atomic mass is 10.2. The molecule has 0 aliphatic rings. The molecular formula is C17H18N4O5. The molecule has 0 atom stereocenters. The Bertz CT molecular complexity index is 954. The van der Waals surface area contributed by atoms with Gasteiger partial charge in [0.1, 0.15) is 22.7 Å². The number of carbonyl (C=O) groups is 1. The van der Waals surface area contributed by atoms with Crippen molar-refractivity contribution < 1.29 is 23.5 Å². The first-order chi connectivity index (χ1) is 12.6. The van der Waals surface area contributed by atoms with Crippen LogP contribution < -0.4 is 14.8 Å². The SMILES string of the molecule is CCOC(=O)c1nc(Nc2cc(OC)ccc2OC)c2c(C)noc2n1. The van der Waals surface area contributed by atoms with Crippen molar-refractivity contribution in [2.24, 2.45) is 0 Å². The van der Waals surface area contributed by atoms with E-state index in [4.69, 9.17) is 18.7 Å². The van der Waals surface area contributed by atoms with Gasteiger partial charge in [-0.1, -0.05) is 5.16 Å². The molecular weight excluding hydrogens is 340 g/mol. The summed E-state index contributed by atoms with van der Waals surface area (Å²) in [5, 5.41) is 7.60. The maximum atomic E-state index is 12.0.